The van der Waals surface area contributed by atoms with Crippen LogP contribution in [0.25, 0.3) is 11.1 Å². The molecular formula is C10H9NO5. The average Bonchev–Trinajstić information content (AvgIpc) is 2.55. The molecule has 6 nitrogen and oxygen atoms in total. The summed E-state index contributed by atoms with van der Waals surface area (Å²) >= 11 is 0. The van der Waals surface area contributed by atoms with E-state index in [0.29, 0.717) is 16.7 Å². The largest absolute Gasteiger partial charge is 0.481 e. The maximum Gasteiger partial charge on any atom is 0.417 e. The van der Waals surface area contributed by atoms with Crippen molar-refractivity contribution in [3.63, 3.8) is 0 Å². The van der Waals surface area contributed by atoms with Crippen molar-refractivity contribution in [3.8, 4) is 0 Å². The molecule has 0 aliphatic heterocycles. The standard InChI is InChI=1S/C10H9NO5/c12-7(4-9(13)14)5-1-2-8-6(3-5)11-10(15)16-8/h1-3,7,12H,4H2,(H,11,15)(H,13,14). The Kier molecular flexibility index (Phi) is 2.49. The predicted octanol–water partition coefficient (Wildman–Crippen LogP) is 0.629. The number of H-pyrrole nitrogens is 1. The summed E-state index contributed by atoms with van der Waals surface area (Å²) < 4.78 is 4.77. The van der Waals surface area contributed by atoms with Crippen LogP contribution in [-0.4, -0.2) is 21.2 Å². The molecule has 16 heavy (non-hydrogen) atoms. The molecule has 0 aliphatic carbocycles. The maximum atomic E-state index is 10.9. The zero-order valence-corrected chi connectivity index (χ0v) is 8.14. The van der Waals surface area contributed by atoms with E-state index in [-0.39, 0.29) is 6.42 Å². The van der Waals surface area contributed by atoms with Gasteiger partial charge in [-0.25, -0.2) is 4.79 Å². The molecule has 6 heteroatoms. The number of carbonyl (C=O) groups is 1. The van der Waals surface area contributed by atoms with E-state index in [1.807, 2.05) is 0 Å². The van der Waals surface area contributed by atoms with Gasteiger partial charge in [0.05, 0.1) is 18.0 Å². The van der Waals surface area contributed by atoms with Crippen LogP contribution in [0.2, 0.25) is 0 Å². The first-order chi connectivity index (χ1) is 7.56. The molecule has 1 aromatic heterocycles. The van der Waals surface area contributed by atoms with Gasteiger partial charge in [0, 0.05) is 0 Å². The molecule has 0 saturated heterocycles. The zero-order chi connectivity index (χ0) is 11.7. The van der Waals surface area contributed by atoms with Gasteiger partial charge in [-0.1, -0.05) is 6.07 Å². The highest BCUT2D eigenvalue weighted by molar-refractivity contribution is 5.73. The number of aromatic amines is 1. The highest BCUT2D eigenvalue weighted by Gasteiger charge is 2.13. The van der Waals surface area contributed by atoms with Gasteiger partial charge < -0.3 is 14.6 Å². The summed E-state index contributed by atoms with van der Waals surface area (Å²) in [7, 11) is 0. The summed E-state index contributed by atoms with van der Waals surface area (Å²) in [5.41, 5.74) is 1.23. The Labute approximate surface area is 89.1 Å². The first kappa shape index (κ1) is 10.4. The number of carboxylic acids is 1. The summed E-state index contributed by atoms with van der Waals surface area (Å²) in [6.07, 6.45) is -1.48. The molecule has 0 fully saturated rings. The molecule has 1 atom stereocenters. The number of carboxylic acid groups (broad SMARTS) is 1. The predicted molar refractivity (Wildman–Crippen MR) is 54.0 cm³/mol. The minimum absolute atomic E-state index is 0.372. The van der Waals surface area contributed by atoms with Crippen LogP contribution in [0.5, 0.6) is 0 Å². The smallest absolute Gasteiger partial charge is 0.417 e. The summed E-state index contributed by atoms with van der Waals surface area (Å²) in [6.45, 7) is 0. The summed E-state index contributed by atoms with van der Waals surface area (Å²) in [5, 5.41) is 18.1. The average molecular weight is 223 g/mol. The van der Waals surface area contributed by atoms with E-state index in [2.05, 4.69) is 4.98 Å². The quantitative estimate of drug-likeness (QED) is 0.708. The fraction of sp³-hybridized carbons (Fsp3) is 0.200. The third-order valence-corrected chi connectivity index (χ3v) is 2.20. The van der Waals surface area contributed by atoms with E-state index in [4.69, 9.17) is 9.52 Å². The minimum Gasteiger partial charge on any atom is -0.481 e. The third kappa shape index (κ3) is 1.96. The number of rotatable bonds is 3. The number of oxazole rings is 1. The van der Waals surface area contributed by atoms with Gasteiger partial charge in [-0.2, -0.15) is 0 Å². The number of nitrogens with one attached hydrogen (secondary N) is 1. The monoisotopic (exact) mass is 223 g/mol. The van der Waals surface area contributed by atoms with E-state index >= 15 is 0 Å². The number of hydrogen-bond acceptors (Lipinski definition) is 4. The molecule has 0 radical (unpaired) electrons. The molecule has 0 spiro atoms. The van der Waals surface area contributed by atoms with Crippen molar-refractivity contribution in [2.24, 2.45) is 0 Å². The fourth-order valence-corrected chi connectivity index (χ4v) is 1.46. The van der Waals surface area contributed by atoms with E-state index in [1.165, 1.54) is 18.2 Å². The van der Waals surface area contributed by atoms with Crippen molar-refractivity contribution in [2.75, 3.05) is 0 Å². The van der Waals surface area contributed by atoms with E-state index in [0.717, 1.165) is 0 Å². The van der Waals surface area contributed by atoms with Gasteiger partial charge in [-0.05, 0) is 17.7 Å². The van der Waals surface area contributed by atoms with E-state index in [1.54, 1.807) is 0 Å². The molecule has 3 N–H and O–H groups in total. The molecule has 0 bridgehead atoms. The van der Waals surface area contributed by atoms with Gasteiger partial charge in [-0.3, -0.25) is 9.78 Å². The van der Waals surface area contributed by atoms with E-state index in [9.17, 15) is 14.7 Å². The van der Waals surface area contributed by atoms with Crippen molar-refractivity contribution in [3.05, 3.63) is 34.3 Å². The van der Waals surface area contributed by atoms with Crippen LogP contribution in [-0.2, 0) is 4.79 Å². The highest BCUT2D eigenvalue weighted by atomic mass is 16.4. The van der Waals surface area contributed by atoms with Crippen molar-refractivity contribution in [2.45, 2.75) is 12.5 Å². The molecule has 2 aromatic rings. The lowest BCUT2D eigenvalue weighted by Gasteiger charge is -2.07. The fourth-order valence-electron chi connectivity index (χ4n) is 1.46. The number of aromatic nitrogens is 1. The zero-order valence-electron chi connectivity index (χ0n) is 8.14. The Hall–Kier alpha value is -2.08. The maximum absolute atomic E-state index is 10.9. The van der Waals surface area contributed by atoms with Gasteiger partial charge in [0.25, 0.3) is 0 Å². The third-order valence-electron chi connectivity index (χ3n) is 2.20. The van der Waals surface area contributed by atoms with E-state index < -0.39 is 17.8 Å². The Morgan fingerprint density at radius 1 is 1.50 bits per heavy atom. The normalized spacial score (nSPS) is 12.8. The van der Waals surface area contributed by atoms with Crippen molar-refractivity contribution in [1.29, 1.82) is 0 Å². The van der Waals surface area contributed by atoms with Crippen LogP contribution in [0, 0.1) is 0 Å². The second-order valence-electron chi connectivity index (χ2n) is 3.38. The van der Waals surface area contributed by atoms with Gasteiger partial charge in [0.1, 0.15) is 0 Å². The Bertz CT molecular complexity index is 582. The SMILES string of the molecule is O=C(O)CC(O)c1ccc2oc(=O)[nH]c2c1. The number of aliphatic hydroxyl groups is 1. The summed E-state index contributed by atoms with van der Waals surface area (Å²) in [6, 6.07) is 4.52. The molecule has 2 rings (SSSR count). The van der Waals surface area contributed by atoms with Crippen molar-refractivity contribution in [1.82, 2.24) is 4.98 Å². The lowest BCUT2D eigenvalue weighted by atomic mass is 10.1. The highest BCUT2D eigenvalue weighted by Crippen LogP contribution is 2.20. The lowest BCUT2D eigenvalue weighted by molar-refractivity contribution is -0.139. The van der Waals surface area contributed by atoms with Crippen molar-refractivity contribution >= 4 is 17.1 Å². The summed E-state index contributed by atoms with van der Waals surface area (Å²) in [4.78, 5) is 23.7. The molecule has 1 unspecified atom stereocenters. The molecule has 0 saturated carbocycles. The van der Waals surface area contributed by atoms with Gasteiger partial charge in [0.15, 0.2) is 5.58 Å². The molecule has 0 amide bonds. The Morgan fingerprint density at radius 2 is 2.25 bits per heavy atom. The molecule has 1 aromatic carbocycles. The molecule has 1 heterocycles. The number of hydrogen-bond donors (Lipinski definition) is 3. The second-order valence-corrected chi connectivity index (χ2v) is 3.38. The van der Waals surface area contributed by atoms with Crippen LogP contribution in [0.15, 0.2) is 27.4 Å². The van der Waals surface area contributed by atoms with Crippen LogP contribution in [0.4, 0.5) is 0 Å². The van der Waals surface area contributed by atoms with Crippen LogP contribution in [0.1, 0.15) is 18.1 Å². The Balaban J connectivity index is 2.38. The minimum atomic E-state index is -1.10. The Morgan fingerprint density at radius 3 is 2.94 bits per heavy atom. The number of aliphatic hydroxyl groups excluding tert-OH is 1. The second kappa shape index (κ2) is 3.82. The topological polar surface area (TPSA) is 104 Å². The number of aliphatic carboxylic acids is 1. The summed E-state index contributed by atoms with van der Waals surface area (Å²) in [5.74, 6) is -1.67. The first-order valence-corrected chi connectivity index (χ1v) is 4.59. The van der Waals surface area contributed by atoms with Gasteiger partial charge in [-0.15, -0.1) is 0 Å². The first-order valence-electron chi connectivity index (χ1n) is 4.59. The van der Waals surface area contributed by atoms with Crippen LogP contribution >= 0.6 is 0 Å². The lowest BCUT2D eigenvalue weighted by Crippen LogP contribution is -2.05. The van der Waals surface area contributed by atoms with Gasteiger partial charge in [0.2, 0.25) is 0 Å². The van der Waals surface area contributed by atoms with Crippen molar-refractivity contribution < 1.29 is 19.4 Å². The molecule has 0 aliphatic rings. The molecule has 84 valence electrons. The molecular weight excluding hydrogens is 214 g/mol. The van der Waals surface area contributed by atoms with Crippen LogP contribution < -0.4 is 5.76 Å². The number of benzene rings is 1. The van der Waals surface area contributed by atoms with Crippen LogP contribution in [0.3, 0.4) is 0 Å². The number of fused-ring (bicyclic) bond motifs is 1. The van der Waals surface area contributed by atoms with Gasteiger partial charge >= 0.3 is 11.7 Å².